The Morgan fingerprint density at radius 1 is 1.56 bits per heavy atom. The molecule has 4 heteroatoms. The van der Waals surface area contributed by atoms with Crippen molar-refractivity contribution in [3.8, 4) is 0 Å². The van der Waals surface area contributed by atoms with Crippen molar-refractivity contribution in [1.29, 1.82) is 0 Å². The first kappa shape index (κ1) is 11.6. The van der Waals surface area contributed by atoms with Crippen LogP contribution in [0.25, 0.3) is 0 Å². The van der Waals surface area contributed by atoms with Crippen molar-refractivity contribution in [2.24, 2.45) is 0 Å². The molecule has 1 saturated carbocycles. The molecule has 1 heterocycles. The molecule has 2 unspecified atom stereocenters. The molecule has 0 radical (unpaired) electrons. The smallest absolute Gasteiger partial charge is 0.0952 e. The first-order chi connectivity index (χ1) is 7.86. The van der Waals surface area contributed by atoms with E-state index in [4.69, 9.17) is 4.74 Å². The average molecular weight is 223 g/mol. The van der Waals surface area contributed by atoms with Gasteiger partial charge in [-0.05, 0) is 25.8 Å². The van der Waals surface area contributed by atoms with Crippen molar-refractivity contribution in [1.82, 2.24) is 14.9 Å². The number of rotatable bonds is 5. The summed E-state index contributed by atoms with van der Waals surface area (Å²) in [5, 5.41) is 3.35. The Labute approximate surface area is 97.0 Å². The lowest BCUT2D eigenvalue weighted by molar-refractivity contribution is 0.0740. The summed E-state index contributed by atoms with van der Waals surface area (Å²) in [7, 11) is 1.81. The van der Waals surface area contributed by atoms with Crippen molar-refractivity contribution >= 4 is 0 Å². The lowest BCUT2D eigenvalue weighted by Crippen LogP contribution is -2.23. The van der Waals surface area contributed by atoms with Gasteiger partial charge >= 0.3 is 0 Å². The molecule has 0 bridgehead atoms. The monoisotopic (exact) mass is 223 g/mol. The second kappa shape index (κ2) is 5.46. The van der Waals surface area contributed by atoms with Crippen LogP contribution < -0.4 is 5.32 Å². The van der Waals surface area contributed by atoms with Crippen molar-refractivity contribution in [2.75, 3.05) is 13.7 Å². The van der Waals surface area contributed by atoms with Gasteiger partial charge in [0.1, 0.15) is 0 Å². The number of hydrogen-bond acceptors (Lipinski definition) is 3. The van der Waals surface area contributed by atoms with Gasteiger partial charge in [-0.1, -0.05) is 6.92 Å². The van der Waals surface area contributed by atoms with Gasteiger partial charge in [0.25, 0.3) is 0 Å². The largest absolute Gasteiger partial charge is 0.379 e. The summed E-state index contributed by atoms with van der Waals surface area (Å²) in [6, 6.07) is 0.473. The van der Waals surface area contributed by atoms with Gasteiger partial charge in [-0.3, -0.25) is 0 Å². The number of methoxy groups -OCH3 is 1. The van der Waals surface area contributed by atoms with E-state index >= 15 is 0 Å². The van der Waals surface area contributed by atoms with Crippen LogP contribution in [0.1, 0.15) is 37.9 Å². The van der Waals surface area contributed by atoms with Crippen molar-refractivity contribution in [3.05, 3.63) is 18.2 Å². The molecule has 2 rings (SSSR count). The molecule has 1 aromatic rings. The number of aromatic nitrogens is 2. The average Bonchev–Trinajstić information content (AvgIpc) is 2.93. The van der Waals surface area contributed by atoms with Gasteiger partial charge in [0.15, 0.2) is 0 Å². The summed E-state index contributed by atoms with van der Waals surface area (Å²) in [4.78, 5) is 4.26. The van der Waals surface area contributed by atoms with Crippen LogP contribution in [0, 0.1) is 0 Å². The van der Waals surface area contributed by atoms with E-state index in [1.165, 1.54) is 25.0 Å². The third-order valence-corrected chi connectivity index (χ3v) is 3.38. The summed E-state index contributed by atoms with van der Waals surface area (Å²) in [5.41, 5.74) is 1.26. The lowest BCUT2D eigenvalue weighted by atomic mass is 10.2. The molecule has 4 nitrogen and oxygen atoms in total. The minimum absolute atomic E-state index is 0.356. The third-order valence-electron chi connectivity index (χ3n) is 3.38. The first-order valence-corrected chi connectivity index (χ1v) is 6.11. The van der Waals surface area contributed by atoms with E-state index in [-0.39, 0.29) is 0 Å². The van der Waals surface area contributed by atoms with Crippen molar-refractivity contribution < 1.29 is 4.74 Å². The zero-order valence-corrected chi connectivity index (χ0v) is 10.1. The van der Waals surface area contributed by atoms with E-state index in [9.17, 15) is 0 Å². The maximum Gasteiger partial charge on any atom is 0.0952 e. The molecule has 1 aliphatic rings. The summed E-state index contributed by atoms with van der Waals surface area (Å²) < 4.78 is 7.82. The summed E-state index contributed by atoms with van der Waals surface area (Å²) in [5.74, 6) is 0. The quantitative estimate of drug-likeness (QED) is 0.826. The Bertz CT molecular complexity index is 324. The molecule has 1 N–H and O–H groups in total. The Kier molecular flexibility index (Phi) is 3.96. The summed E-state index contributed by atoms with van der Waals surface area (Å²) in [6.45, 7) is 4.00. The van der Waals surface area contributed by atoms with Gasteiger partial charge in [-0.25, -0.2) is 4.98 Å². The zero-order chi connectivity index (χ0) is 11.4. The van der Waals surface area contributed by atoms with Gasteiger partial charge in [0.2, 0.25) is 0 Å². The standard InChI is InChI=1S/C12H21N3O/c1-3-13-7-10-8-14-9-15(10)11-5-4-6-12(11)16-2/h8-9,11-13H,3-7H2,1-2H3. The van der Waals surface area contributed by atoms with Gasteiger partial charge in [0.05, 0.1) is 24.2 Å². The van der Waals surface area contributed by atoms with Crippen LogP contribution in [-0.4, -0.2) is 29.3 Å². The van der Waals surface area contributed by atoms with Gasteiger partial charge < -0.3 is 14.6 Å². The fraction of sp³-hybridized carbons (Fsp3) is 0.750. The van der Waals surface area contributed by atoms with Crippen LogP contribution in [0.5, 0.6) is 0 Å². The number of ether oxygens (including phenoxy) is 1. The second-order valence-corrected chi connectivity index (χ2v) is 4.34. The SMILES string of the molecule is CCNCc1cncn1C1CCCC1OC. The molecular formula is C12H21N3O. The molecule has 1 aliphatic carbocycles. The Morgan fingerprint density at radius 2 is 2.44 bits per heavy atom. The molecule has 0 saturated heterocycles. The van der Waals surface area contributed by atoms with Crippen LogP contribution in [-0.2, 0) is 11.3 Å². The van der Waals surface area contributed by atoms with Crippen LogP contribution in [0.3, 0.4) is 0 Å². The van der Waals surface area contributed by atoms with Gasteiger partial charge in [-0.15, -0.1) is 0 Å². The van der Waals surface area contributed by atoms with Gasteiger partial charge in [-0.2, -0.15) is 0 Å². The topological polar surface area (TPSA) is 39.1 Å². The van der Waals surface area contributed by atoms with Crippen LogP contribution in [0.15, 0.2) is 12.5 Å². The summed E-state index contributed by atoms with van der Waals surface area (Å²) in [6.07, 6.45) is 7.87. The minimum atomic E-state index is 0.356. The van der Waals surface area contributed by atoms with E-state index in [2.05, 4.69) is 21.8 Å². The Hall–Kier alpha value is -0.870. The highest BCUT2D eigenvalue weighted by atomic mass is 16.5. The zero-order valence-electron chi connectivity index (χ0n) is 10.1. The number of nitrogens with zero attached hydrogens (tertiary/aromatic N) is 2. The lowest BCUT2D eigenvalue weighted by Gasteiger charge is -2.21. The normalized spacial score (nSPS) is 25.1. The number of hydrogen-bond donors (Lipinski definition) is 1. The molecule has 0 spiro atoms. The van der Waals surface area contributed by atoms with Gasteiger partial charge in [0, 0.05) is 19.9 Å². The third kappa shape index (κ3) is 2.28. The first-order valence-electron chi connectivity index (χ1n) is 6.11. The molecule has 1 aromatic heterocycles. The van der Waals surface area contributed by atoms with Crippen molar-refractivity contribution in [3.63, 3.8) is 0 Å². The maximum absolute atomic E-state index is 5.54. The molecule has 90 valence electrons. The maximum atomic E-state index is 5.54. The van der Waals surface area contributed by atoms with E-state index in [1.807, 2.05) is 19.6 Å². The molecule has 2 atom stereocenters. The predicted molar refractivity (Wildman–Crippen MR) is 63.3 cm³/mol. The molecular weight excluding hydrogens is 202 g/mol. The summed E-state index contributed by atoms with van der Waals surface area (Å²) >= 11 is 0. The molecule has 1 fully saturated rings. The highest BCUT2D eigenvalue weighted by Gasteiger charge is 2.29. The number of imidazole rings is 1. The van der Waals surface area contributed by atoms with E-state index in [1.54, 1.807) is 0 Å². The fourth-order valence-corrected chi connectivity index (χ4v) is 2.52. The Balaban J connectivity index is 2.10. The van der Waals surface area contributed by atoms with Crippen LogP contribution in [0.2, 0.25) is 0 Å². The molecule has 16 heavy (non-hydrogen) atoms. The second-order valence-electron chi connectivity index (χ2n) is 4.34. The minimum Gasteiger partial charge on any atom is -0.379 e. The fourth-order valence-electron chi connectivity index (χ4n) is 2.52. The molecule has 0 aromatic carbocycles. The Morgan fingerprint density at radius 3 is 3.19 bits per heavy atom. The van der Waals surface area contributed by atoms with E-state index in [0.29, 0.717) is 12.1 Å². The van der Waals surface area contributed by atoms with Crippen LogP contribution in [0.4, 0.5) is 0 Å². The molecule has 0 amide bonds. The van der Waals surface area contributed by atoms with Crippen molar-refractivity contribution in [2.45, 2.75) is 44.9 Å². The van der Waals surface area contributed by atoms with Crippen LogP contribution >= 0.6 is 0 Å². The highest BCUT2D eigenvalue weighted by molar-refractivity contribution is 5.02. The van der Waals surface area contributed by atoms with E-state index < -0.39 is 0 Å². The number of nitrogens with one attached hydrogen (secondary N) is 1. The highest BCUT2D eigenvalue weighted by Crippen LogP contribution is 2.32. The molecule has 0 aliphatic heterocycles. The van der Waals surface area contributed by atoms with E-state index in [0.717, 1.165) is 13.1 Å². The predicted octanol–water partition coefficient (Wildman–Crippen LogP) is 1.73.